The lowest BCUT2D eigenvalue weighted by Gasteiger charge is -2.32. The second kappa shape index (κ2) is 7.59. The molecule has 1 aliphatic heterocycles. The van der Waals surface area contributed by atoms with Gasteiger partial charge in [-0.2, -0.15) is 0 Å². The highest BCUT2D eigenvalue weighted by atomic mass is 16.2. The van der Waals surface area contributed by atoms with E-state index in [1.165, 1.54) is 0 Å². The third kappa shape index (κ3) is 4.10. The second-order valence-corrected chi connectivity index (χ2v) is 5.77. The smallest absolute Gasteiger partial charge is 0.321 e. The van der Waals surface area contributed by atoms with Crippen LogP contribution in [0.15, 0.2) is 54.9 Å². The van der Waals surface area contributed by atoms with Crippen LogP contribution in [0.4, 0.5) is 10.5 Å². The Morgan fingerprint density at radius 1 is 1.04 bits per heavy atom. The standard InChI is InChI=1S/C18H20N4O2/c23-17(14-5-4-10-19-13-14)20-16-8-11-22(12-9-16)18(24)21-15-6-2-1-3-7-15/h1-7,10,13,16H,8-9,11-12H2,(H,20,23)(H,21,24). The first-order valence-corrected chi connectivity index (χ1v) is 8.04. The molecule has 0 saturated carbocycles. The minimum Gasteiger partial charge on any atom is -0.349 e. The molecule has 3 amide bonds. The van der Waals surface area contributed by atoms with Crippen LogP contribution >= 0.6 is 0 Å². The van der Waals surface area contributed by atoms with Gasteiger partial charge in [-0.3, -0.25) is 9.78 Å². The fraction of sp³-hybridized carbons (Fsp3) is 0.278. The zero-order valence-electron chi connectivity index (χ0n) is 13.3. The van der Waals surface area contributed by atoms with Crippen LogP contribution in [0.1, 0.15) is 23.2 Å². The average Bonchev–Trinajstić information content (AvgIpc) is 2.64. The summed E-state index contributed by atoms with van der Waals surface area (Å²) in [5.74, 6) is -0.115. The second-order valence-electron chi connectivity index (χ2n) is 5.77. The van der Waals surface area contributed by atoms with Crippen molar-refractivity contribution >= 4 is 17.6 Å². The first kappa shape index (κ1) is 16.0. The Morgan fingerprint density at radius 3 is 2.46 bits per heavy atom. The monoisotopic (exact) mass is 324 g/mol. The van der Waals surface area contributed by atoms with Crippen molar-refractivity contribution in [3.05, 3.63) is 60.4 Å². The number of para-hydroxylation sites is 1. The number of carbonyl (C=O) groups is 2. The Balaban J connectivity index is 1.47. The highest BCUT2D eigenvalue weighted by molar-refractivity contribution is 5.94. The Morgan fingerprint density at radius 2 is 1.79 bits per heavy atom. The van der Waals surface area contributed by atoms with Crippen molar-refractivity contribution in [2.45, 2.75) is 18.9 Å². The molecule has 0 atom stereocenters. The highest BCUT2D eigenvalue weighted by Gasteiger charge is 2.24. The summed E-state index contributed by atoms with van der Waals surface area (Å²) < 4.78 is 0. The minimum atomic E-state index is -0.115. The van der Waals surface area contributed by atoms with E-state index in [1.54, 1.807) is 29.4 Å². The Bertz CT molecular complexity index is 683. The number of urea groups is 1. The number of piperidine rings is 1. The van der Waals surface area contributed by atoms with E-state index in [1.807, 2.05) is 30.3 Å². The van der Waals surface area contributed by atoms with Crippen LogP contribution in [-0.2, 0) is 0 Å². The van der Waals surface area contributed by atoms with Gasteiger partial charge in [-0.05, 0) is 37.1 Å². The Labute approximate surface area is 140 Å². The largest absolute Gasteiger partial charge is 0.349 e. The van der Waals surface area contributed by atoms with Gasteiger partial charge in [0.05, 0.1) is 5.56 Å². The summed E-state index contributed by atoms with van der Waals surface area (Å²) in [4.78, 5) is 30.1. The van der Waals surface area contributed by atoms with Crippen molar-refractivity contribution in [3.63, 3.8) is 0 Å². The maximum Gasteiger partial charge on any atom is 0.321 e. The molecular formula is C18H20N4O2. The van der Waals surface area contributed by atoms with Gasteiger partial charge in [0, 0.05) is 37.2 Å². The molecule has 1 saturated heterocycles. The molecule has 6 nitrogen and oxygen atoms in total. The molecule has 2 heterocycles. The SMILES string of the molecule is O=C(NC1CCN(C(=O)Nc2ccccc2)CC1)c1cccnc1. The molecule has 0 spiro atoms. The van der Waals surface area contributed by atoms with Gasteiger partial charge in [0.2, 0.25) is 0 Å². The van der Waals surface area contributed by atoms with E-state index in [2.05, 4.69) is 15.6 Å². The molecule has 0 aliphatic carbocycles. The molecule has 1 aromatic heterocycles. The number of amides is 3. The van der Waals surface area contributed by atoms with Crippen molar-refractivity contribution in [1.82, 2.24) is 15.2 Å². The molecule has 3 rings (SSSR count). The highest BCUT2D eigenvalue weighted by Crippen LogP contribution is 2.13. The van der Waals surface area contributed by atoms with Crippen LogP contribution < -0.4 is 10.6 Å². The molecule has 1 aromatic carbocycles. The maximum atomic E-state index is 12.2. The number of nitrogens with one attached hydrogen (secondary N) is 2. The summed E-state index contributed by atoms with van der Waals surface area (Å²) >= 11 is 0. The number of pyridine rings is 1. The van der Waals surface area contributed by atoms with Gasteiger partial charge in [-0.15, -0.1) is 0 Å². The quantitative estimate of drug-likeness (QED) is 0.911. The van der Waals surface area contributed by atoms with Gasteiger partial charge < -0.3 is 15.5 Å². The van der Waals surface area contributed by atoms with Crippen molar-refractivity contribution in [1.29, 1.82) is 0 Å². The molecule has 24 heavy (non-hydrogen) atoms. The van der Waals surface area contributed by atoms with Crippen molar-refractivity contribution in [2.75, 3.05) is 18.4 Å². The van der Waals surface area contributed by atoms with E-state index in [-0.39, 0.29) is 18.0 Å². The van der Waals surface area contributed by atoms with E-state index in [9.17, 15) is 9.59 Å². The van der Waals surface area contributed by atoms with Crippen molar-refractivity contribution in [3.8, 4) is 0 Å². The first-order chi connectivity index (χ1) is 11.7. The van der Waals surface area contributed by atoms with Gasteiger partial charge in [0.1, 0.15) is 0 Å². The summed E-state index contributed by atoms with van der Waals surface area (Å²) in [5, 5.41) is 5.89. The van der Waals surface area contributed by atoms with E-state index >= 15 is 0 Å². The van der Waals surface area contributed by atoms with Crippen LogP contribution in [0.3, 0.4) is 0 Å². The maximum absolute atomic E-state index is 12.2. The molecule has 1 aliphatic rings. The lowest BCUT2D eigenvalue weighted by molar-refractivity contribution is 0.0919. The van der Waals surface area contributed by atoms with E-state index in [0.29, 0.717) is 18.7 Å². The normalized spacial score (nSPS) is 14.9. The van der Waals surface area contributed by atoms with Gasteiger partial charge >= 0.3 is 6.03 Å². The van der Waals surface area contributed by atoms with Crippen molar-refractivity contribution < 1.29 is 9.59 Å². The number of likely N-dealkylation sites (tertiary alicyclic amines) is 1. The number of aromatic nitrogens is 1. The summed E-state index contributed by atoms with van der Waals surface area (Å²) in [7, 11) is 0. The number of benzene rings is 1. The molecule has 0 bridgehead atoms. The van der Waals surface area contributed by atoms with E-state index < -0.39 is 0 Å². The lowest BCUT2D eigenvalue weighted by atomic mass is 10.0. The topological polar surface area (TPSA) is 74.3 Å². The summed E-state index contributed by atoms with van der Waals surface area (Å²) in [6.07, 6.45) is 4.68. The number of rotatable bonds is 3. The Kier molecular flexibility index (Phi) is 5.05. The number of hydrogen-bond donors (Lipinski definition) is 2. The molecule has 0 unspecified atom stereocenters. The fourth-order valence-corrected chi connectivity index (χ4v) is 2.72. The third-order valence-electron chi connectivity index (χ3n) is 4.07. The number of carbonyl (C=O) groups excluding carboxylic acids is 2. The van der Waals surface area contributed by atoms with Gasteiger partial charge in [-0.1, -0.05) is 18.2 Å². The molecule has 124 valence electrons. The minimum absolute atomic E-state index is 0.0819. The van der Waals surface area contributed by atoms with Crippen LogP contribution in [-0.4, -0.2) is 41.0 Å². The molecule has 2 aromatic rings. The van der Waals surface area contributed by atoms with Crippen LogP contribution in [0, 0.1) is 0 Å². The molecule has 1 fully saturated rings. The third-order valence-corrected chi connectivity index (χ3v) is 4.07. The molecule has 0 radical (unpaired) electrons. The lowest BCUT2D eigenvalue weighted by Crippen LogP contribution is -2.47. The van der Waals surface area contributed by atoms with Gasteiger partial charge in [0.15, 0.2) is 0 Å². The van der Waals surface area contributed by atoms with Gasteiger partial charge in [0.25, 0.3) is 5.91 Å². The van der Waals surface area contributed by atoms with E-state index in [0.717, 1.165) is 18.5 Å². The fourth-order valence-electron chi connectivity index (χ4n) is 2.72. The summed E-state index contributed by atoms with van der Waals surface area (Å²) in [6, 6.07) is 12.9. The van der Waals surface area contributed by atoms with E-state index in [4.69, 9.17) is 0 Å². The molecule has 2 N–H and O–H groups in total. The van der Waals surface area contributed by atoms with Crippen molar-refractivity contribution in [2.24, 2.45) is 0 Å². The number of anilines is 1. The zero-order chi connectivity index (χ0) is 16.8. The molecular weight excluding hydrogens is 304 g/mol. The van der Waals surface area contributed by atoms with Crippen LogP contribution in [0.25, 0.3) is 0 Å². The van der Waals surface area contributed by atoms with Crippen LogP contribution in [0.5, 0.6) is 0 Å². The molecule has 6 heteroatoms. The van der Waals surface area contributed by atoms with Crippen LogP contribution in [0.2, 0.25) is 0 Å². The average molecular weight is 324 g/mol. The summed E-state index contributed by atoms with van der Waals surface area (Å²) in [6.45, 7) is 1.24. The zero-order valence-corrected chi connectivity index (χ0v) is 13.3. The first-order valence-electron chi connectivity index (χ1n) is 8.04. The predicted molar refractivity (Wildman–Crippen MR) is 91.8 cm³/mol. The predicted octanol–water partition coefficient (Wildman–Crippen LogP) is 2.51. The van der Waals surface area contributed by atoms with Gasteiger partial charge in [-0.25, -0.2) is 4.79 Å². The number of nitrogens with zero attached hydrogens (tertiary/aromatic N) is 2. The summed E-state index contributed by atoms with van der Waals surface area (Å²) in [5.41, 5.74) is 1.34. The Hall–Kier alpha value is -2.89. The number of hydrogen-bond acceptors (Lipinski definition) is 3.